The van der Waals surface area contributed by atoms with Gasteiger partial charge in [0.2, 0.25) is 5.95 Å². The van der Waals surface area contributed by atoms with Crippen LogP contribution in [0.3, 0.4) is 0 Å². The van der Waals surface area contributed by atoms with E-state index in [0.717, 1.165) is 30.3 Å². The molecule has 0 spiro atoms. The van der Waals surface area contributed by atoms with E-state index in [-0.39, 0.29) is 10.3 Å². The number of sulfonamides is 1. The maximum atomic E-state index is 12.8. The van der Waals surface area contributed by atoms with E-state index < -0.39 is 10.0 Å². The van der Waals surface area contributed by atoms with Gasteiger partial charge < -0.3 is 10.2 Å². The third-order valence-corrected chi connectivity index (χ3v) is 6.87. The topological polar surface area (TPSA) is 87.2 Å². The Hall–Kier alpha value is -3.13. The fraction of sp³-hybridized carbons (Fsp3) is 0.333. The molecule has 7 nitrogen and oxygen atoms in total. The molecule has 32 heavy (non-hydrogen) atoms. The molecule has 0 aliphatic carbocycles. The van der Waals surface area contributed by atoms with Gasteiger partial charge in [-0.15, -0.1) is 0 Å². The molecular weight excluding hydrogens is 422 g/mol. The van der Waals surface area contributed by atoms with Crippen molar-refractivity contribution in [1.82, 2.24) is 9.97 Å². The fourth-order valence-electron chi connectivity index (χ4n) is 3.61. The highest BCUT2D eigenvalue weighted by Gasteiger charge is 2.18. The molecule has 0 atom stereocenters. The first-order chi connectivity index (χ1) is 15.2. The molecule has 1 aliphatic heterocycles. The molecule has 0 unspecified atom stereocenters. The number of rotatable bonds is 6. The minimum Gasteiger partial charge on any atom is -0.341 e. The summed E-state index contributed by atoms with van der Waals surface area (Å²) < 4.78 is 28.1. The van der Waals surface area contributed by atoms with E-state index in [4.69, 9.17) is 0 Å². The summed E-state index contributed by atoms with van der Waals surface area (Å²) in [6.45, 7) is 8.26. The van der Waals surface area contributed by atoms with Crippen LogP contribution in [0.15, 0.2) is 65.7 Å². The molecule has 0 bridgehead atoms. The van der Waals surface area contributed by atoms with Crippen molar-refractivity contribution in [1.29, 1.82) is 0 Å². The second-order valence-electron chi connectivity index (χ2n) is 9.02. The molecule has 0 amide bonds. The predicted molar refractivity (Wildman–Crippen MR) is 129 cm³/mol. The molecule has 2 heterocycles. The summed E-state index contributed by atoms with van der Waals surface area (Å²) in [4.78, 5) is 11.4. The first-order valence-corrected chi connectivity index (χ1v) is 12.3. The Morgan fingerprint density at radius 1 is 0.875 bits per heavy atom. The van der Waals surface area contributed by atoms with E-state index in [1.54, 1.807) is 30.5 Å². The number of nitrogens with one attached hydrogen (secondary N) is 2. The van der Waals surface area contributed by atoms with Gasteiger partial charge in [0.15, 0.2) is 0 Å². The number of anilines is 4. The summed E-state index contributed by atoms with van der Waals surface area (Å²) in [7, 11) is -3.66. The molecule has 2 N–H and O–H groups in total. The molecule has 0 saturated carbocycles. The number of benzene rings is 2. The Labute approximate surface area is 190 Å². The van der Waals surface area contributed by atoms with Gasteiger partial charge in [-0.1, -0.05) is 32.9 Å². The fourth-order valence-corrected chi connectivity index (χ4v) is 4.66. The van der Waals surface area contributed by atoms with Crippen LogP contribution in [0, 0.1) is 0 Å². The highest BCUT2D eigenvalue weighted by atomic mass is 32.2. The number of hydrogen-bond donors (Lipinski definition) is 2. The Kier molecular flexibility index (Phi) is 6.06. The van der Waals surface area contributed by atoms with E-state index in [0.29, 0.717) is 11.5 Å². The van der Waals surface area contributed by atoms with Crippen molar-refractivity contribution in [3.05, 3.63) is 66.4 Å². The van der Waals surface area contributed by atoms with Crippen molar-refractivity contribution < 1.29 is 8.42 Å². The molecule has 1 saturated heterocycles. The Bertz CT molecular complexity index is 1160. The molecule has 1 fully saturated rings. The Morgan fingerprint density at radius 3 is 2.12 bits per heavy atom. The third kappa shape index (κ3) is 5.19. The second-order valence-corrected chi connectivity index (χ2v) is 10.7. The van der Waals surface area contributed by atoms with E-state index in [2.05, 4.69) is 45.7 Å². The SMILES string of the molecule is CC(C)(C)c1ccc(S(=O)(=O)Nc2ccc(Nc3ccnc(N4CCCC4)n3)cc2)cc1. The van der Waals surface area contributed by atoms with Gasteiger partial charge in [0.05, 0.1) is 4.90 Å². The van der Waals surface area contributed by atoms with Crippen molar-refractivity contribution in [2.75, 3.05) is 28.0 Å². The summed E-state index contributed by atoms with van der Waals surface area (Å²) in [5, 5.41) is 3.25. The molecule has 1 aromatic heterocycles. The minimum absolute atomic E-state index is 0.0303. The van der Waals surface area contributed by atoms with Gasteiger partial charge in [-0.2, -0.15) is 4.98 Å². The molecule has 2 aromatic carbocycles. The van der Waals surface area contributed by atoms with Crippen LogP contribution in [0.5, 0.6) is 0 Å². The quantitative estimate of drug-likeness (QED) is 0.553. The van der Waals surface area contributed by atoms with Crippen LogP contribution in [-0.2, 0) is 15.4 Å². The second kappa shape index (κ2) is 8.78. The third-order valence-electron chi connectivity index (χ3n) is 5.47. The first-order valence-electron chi connectivity index (χ1n) is 10.8. The number of nitrogens with zero attached hydrogens (tertiary/aromatic N) is 3. The molecule has 8 heteroatoms. The zero-order valence-corrected chi connectivity index (χ0v) is 19.5. The van der Waals surface area contributed by atoms with Crippen molar-refractivity contribution in [2.24, 2.45) is 0 Å². The van der Waals surface area contributed by atoms with Gasteiger partial charge in [-0.25, -0.2) is 13.4 Å². The lowest BCUT2D eigenvalue weighted by molar-refractivity contribution is 0.587. The van der Waals surface area contributed by atoms with Crippen LogP contribution >= 0.6 is 0 Å². The predicted octanol–water partition coefficient (Wildman–Crippen LogP) is 4.92. The van der Waals surface area contributed by atoms with Crippen LogP contribution in [0.2, 0.25) is 0 Å². The van der Waals surface area contributed by atoms with Crippen LogP contribution in [0.25, 0.3) is 0 Å². The van der Waals surface area contributed by atoms with Crippen molar-refractivity contribution in [3.8, 4) is 0 Å². The van der Waals surface area contributed by atoms with Crippen LogP contribution in [0.4, 0.5) is 23.1 Å². The summed E-state index contributed by atoms with van der Waals surface area (Å²) in [6.07, 6.45) is 4.08. The van der Waals surface area contributed by atoms with E-state index in [9.17, 15) is 8.42 Å². The summed E-state index contributed by atoms with van der Waals surface area (Å²) in [6, 6.07) is 15.9. The maximum absolute atomic E-state index is 12.8. The average Bonchev–Trinajstić information content (AvgIpc) is 3.30. The number of hydrogen-bond acceptors (Lipinski definition) is 6. The normalized spacial score (nSPS) is 14.4. The Balaban J connectivity index is 1.43. The molecular formula is C24H29N5O2S. The standard InChI is InChI=1S/C24H29N5O2S/c1-24(2,3)18-6-12-21(13-7-18)32(30,31)28-20-10-8-19(9-11-20)26-22-14-15-25-23(27-22)29-16-4-5-17-29/h6-15,28H,4-5,16-17H2,1-3H3,(H,25,26,27). The van der Waals surface area contributed by atoms with Gasteiger partial charge in [-0.05, 0) is 66.3 Å². The summed E-state index contributed by atoms with van der Waals surface area (Å²) in [5.41, 5.74) is 2.37. The molecule has 0 radical (unpaired) electrons. The van der Waals surface area contributed by atoms with Gasteiger partial charge >= 0.3 is 0 Å². The highest BCUT2D eigenvalue weighted by Crippen LogP contribution is 2.25. The lowest BCUT2D eigenvalue weighted by Gasteiger charge is -2.19. The summed E-state index contributed by atoms with van der Waals surface area (Å²) >= 11 is 0. The van der Waals surface area contributed by atoms with E-state index >= 15 is 0 Å². The lowest BCUT2D eigenvalue weighted by atomic mass is 9.87. The minimum atomic E-state index is -3.66. The van der Waals surface area contributed by atoms with Gasteiger partial charge in [0.25, 0.3) is 10.0 Å². The van der Waals surface area contributed by atoms with Crippen LogP contribution < -0.4 is 14.9 Å². The zero-order valence-electron chi connectivity index (χ0n) is 18.7. The summed E-state index contributed by atoms with van der Waals surface area (Å²) in [5.74, 6) is 1.43. The molecule has 1 aliphatic rings. The maximum Gasteiger partial charge on any atom is 0.261 e. The van der Waals surface area contributed by atoms with Gasteiger partial charge in [0, 0.05) is 30.7 Å². The number of aromatic nitrogens is 2. The smallest absolute Gasteiger partial charge is 0.261 e. The Morgan fingerprint density at radius 2 is 1.50 bits per heavy atom. The largest absolute Gasteiger partial charge is 0.341 e. The van der Waals surface area contributed by atoms with Crippen LogP contribution in [-0.4, -0.2) is 31.5 Å². The van der Waals surface area contributed by atoms with Gasteiger partial charge in [-0.3, -0.25) is 4.72 Å². The molecule has 4 rings (SSSR count). The van der Waals surface area contributed by atoms with Crippen molar-refractivity contribution >= 4 is 33.2 Å². The monoisotopic (exact) mass is 451 g/mol. The molecule has 168 valence electrons. The highest BCUT2D eigenvalue weighted by molar-refractivity contribution is 7.92. The first kappa shape index (κ1) is 22.1. The van der Waals surface area contributed by atoms with Crippen molar-refractivity contribution in [2.45, 2.75) is 43.9 Å². The lowest BCUT2D eigenvalue weighted by Crippen LogP contribution is -2.20. The zero-order chi connectivity index (χ0) is 22.8. The van der Waals surface area contributed by atoms with E-state index in [1.165, 1.54) is 12.8 Å². The molecule has 3 aromatic rings. The van der Waals surface area contributed by atoms with Crippen molar-refractivity contribution in [3.63, 3.8) is 0 Å². The van der Waals surface area contributed by atoms with Crippen LogP contribution in [0.1, 0.15) is 39.2 Å². The van der Waals surface area contributed by atoms with E-state index in [1.807, 2.05) is 30.3 Å². The average molecular weight is 452 g/mol. The van der Waals surface area contributed by atoms with Gasteiger partial charge in [0.1, 0.15) is 5.82 Å².